The van der Waals surface area contributed by atoms with Gasteiger partial charge in [-0.15, -0.1) is 0 Å². The van der Waals surface area contributed by atoms with Crippen molar-refractivity contribution >= 4 is 33.5 Å². The van der Waals surface area contributed by atoms with Gasteiger partial charge >= 0.3 is 0 Å². The highest BCUT2D eigenvalue weighted by molar-refractivity contribution is 6.05. The quantitative estimate of drug-likeness (QED) is 0.508. The van der Waals surface area contributed by atoms with Gasteiger partial charge in [0.15, 0.2) is 12.4 Å². The first-order valence-corrected chi connectivity index (χ1v) is 8.73. The minimum Gasteiger partial charge on any atom is -0.485 e. The Labute approximate surface area is 155 Å². The molecule has 0 aliphatic rings. The van der Waals surface area contributed by atoms with Crippen molar-refractivity contribution < 1.29 is 18.7 Å². The number of ketones is 2. The minimum absolute atomic E-state index is 0.0569. The van der Waals surface area contributed by atoms with E-state index in [1.165, 1.54) is 6.92 Å². The summed E-state index contributed by atoms with van der Waals surface area (Å²) in [5.41, 5.74) is 3.96. The zero-order valence-electron chi connectivity index (χ0n) is 15.4. The predicted molar refractivity (Wildman–Crippen MR) is 104 cm³/mol. The summed E-state index contributed by atoms with van der Waals surface area (Å²) in [6, 6.07) is 13.3. The van der Waals surface area contributed by atoms with E-state index in [0.29, 0.717) is 28.3 Å². The van der Waals surface area contributed by atoms with Crippen molar-refractivity contribution in [1.82, 2.24) is 4.98 Å². The van der Waals surface area contributed by atoms with Gasteiger partial charge in [0.05, 0.1) is 5.69 Å². The number of hydrogen-bond acceptors (Lipinski definition) is 4. The van der Waals surface area contributed by atoms with Gasteiger partial charge in [0.2, 0.25) is 5.78 Å². The largest absolute Gasteiger partial charge is 0.485 e. The molecule has 4 rings (SSSR count). The van der Waals surface area contributed by atoms with E-state index in [1.54, 1.807) is 19.9 Å². The summed E-state index contributed by atoms with van der Waals surface area (Å²) in [6.45, 7) is 4.95. The third-order valence-corrected chi connectivity index (χ3v) is 4.79. The Kier molecular flexibility index (Phi) is 4.07. The van der Waals surface area contributed by atoms with Crippen molar-refractivity contribution in [1.29, 1.82) is 0 Å². The monoisotopic (exact) mass is 361 g/mol. The lowest BCUT2D eigenvalue weighted by Gasteiger charge is -2.05. The number of aryl methyl sites for hydroxylation is 1. The maximum absolute atomic E-state index is 12.6. The average molecular weight is 361 g/mol. The van der Waals surface area contributed by atoms with Crippen LogP contribution in [0.15, 0.2) is 46.9 Å². The van der Waals surface area contributed by atoms with Crippen molar-refractivity contribution in [2.24, 2.45) is 0 Å². The Hall–Kier alpha value is -3.34. The van der Waals surface area contributed by atoms with Crippen molar-refractivity contribution in [2.75, 3.05) is 6.61 Å². The molecule has 27 heavy (non-hydrogen) atoms. The summed E-state index contributed by atoms with van der Waals surface area (Å²) < 4.78 is 11.5. The van der Waals surface area contributed by atoms with Crippen LogP contribution in [0, 0.1) is 13.8 Å². The average Bonchev–Trinajstić information content (AvgIpc) is 3.16. The lowest BCUT2D eigenvalue weighted by molar-refractivity contribution is 0.0916. The van der Waals surface area contributed by atoms with Gasteiger partial charge in [-0.2, -0.15) is 0 Å². The first-order valence-electron chi connectivity index (χ1n) is 8.73. The fourth-order valence-electron chi connectivity index (χ4n) is 3.57. The molecular weight excluding hydrogens is 342 g/mol. The second-order valence-corrected chi connectivity index (χ2v) is 6.65. The van der Waals surface area contributed by atoms with Gasteiger partial charge in [-0.05, 0) is 50.6 Å². The van der Waals surface area contributed by atoms with Gasteiger partial charge in [-0.25, -0.2) is 0 Å². The highest BCUT2D eigenvalue weighted by Gasteiger charge is 2.20. The number of fused-ring (bicyclic) bond motifs is 3. The van der Waals surface area contributed by atoms with Gasteiger partial charge < -0.3 is 14.1 Å². The second kappa shape index (κ2) is 6.43. The molecule has 2 heterocycles. The summed E-state index contributed by atoms with van der Waals surface area (Å²) in [5.74, 6) is 0.342. The number of nitrogens with one attached hydrogen (secondary N) is 1. The van der Waals surface area contributed by atoms with Gasteiger partial charge in [-0.3, -0.25) is 9.59 Å². The van der Waals surface area contributed by atoms with Crippen LogP contribution in [0.3, 0.4) is 0 Å². The van der Waals surface area contributed by atoms with Crippen LogP contribution in [-0.2, 0) is 0 Å². The molecule has 0 radical (unpaired) electrons. The number of hydrogen-bond donors (Lipinski definition) is 1. The van der Waals surface area contributed by atoms with Gasteiger partial charge in [-0.1, -0.05) is 18.2 Å². The van der Waals surface area contributed by atoms with Gasteiger partial charge in [0.25, 0.3) is 0 Å². The third-order valence-electron chi connectivity index (χ3n) is 4.79. The van der Waals surface area contributed by atoms with Crippen molar-refractivity contribution in [3.8, 4) is 5.75 Å². The number of benzene rings is 2. The Morgan fingerprint density at radius 3 is 2.52 bits per heavy atom. The highest BCUT2D eigenvalue weighted by Crippen LogP contribution is 2.31. The Bertz CT molecular complexity index is 1200. The van der Waals surface area contributed by atoms with E-state index in [4.69, 9.17) is 9.15 Å². The number of carbonyl (C=O) groups excluding carboxylic acids is 2. The van der Waals surface area contributed by atoms with E-state index in [2.05, 4.69) is 4.98 Å². The molecule has 2 aromatic carbocycles. The predicted octanol–water partition coefficient (Wildman–Crippen LogP) is 5.00. The third kappa shape index (κ3) is 2.91. The molecule has 0 aliphatic heterocycles. The maximum Gasteiger partial charge on any atom is 0.216 e. The van der Waals surface area contributed by atoms with E-state index < -0.39 is 0 Å². The molecule has 0 atom stereocenters. The van der Waals surface area contributed by atoms with Crippen LogP contribution >= 0.6 is 0 Å². The summed E-state index contributed by atoms with van der Waals surface area (Å²) in [4.78, 5) is 27.3. The summed E-state index contributed by atoms with van der Waals surface area (Å²) >= 11 is 0. The Balaban J connectivity index is 1.58. The molecule has 136 valence electrons. The number of ether oxygens (including phenoxy) is 1. The molecule has 0 fully saturated rings. The van der Waals surface area contributed by atoms with Crippen molar-refractivity contribution in [3.63, 3.8) is 0 Å². The SMILES string of the molecule is CC(=O)c1c(C)[nH]c(C(=O)COc2ccc3oc4ccccc4c3c2)c1C. The number of para-hydroxylation sites is 1. The number of H-pyrrole nitrogens is 1. The first-order chi connectivity index (χ1) is 13.0. The molecule has 1 N–H and O–H groups in total. The molecule has 2 aromatic heterocycles. The van der Waals surface area contributed by atoms with Crippen LogP contribution in [0.1, 0.15) is 39.0 Å². The molecule has 0 bridgehead atoms. The van der Waals surface area contributed by atoms with E-state index in [9.17, 15) is 9.59 Å². The number of Topliss-reactive ketones (excluding diaryl/α,β-unsaturated/α-hetero) is 2. The van der Waals surface area contributed by atoms with Crippen LogP contribution < -0.4 is 4.74 Å². The summed E-state index contributed by atoms with van der Waals surface area (Å²) in [5, 5.41) is 1.95. The molecule has 0 saturated heterocycles. The van der Waals surface area contributed by atoms with Crippen molar-refractivity contribution in [3.05, 3.63) is 65.0 Å². The number of aromatic amines is 1. The second-order valence-electron chi connectivity index (χ2n) is 6.65. The number of aromatic nitrogens is 1. The van der Waals surface area contributed by atoms with E-state index in [-0.39, 0.29) is 18.2 Å². The fraction of sp³-hybridized carbons (Fsp3) is 0.182. The fourth-order valence-corrected chi connectivity index (χ4v) is 3.57. The summed E-state index contributed by atoms with van der Waals surface area (Å²) in [6.07, 6.45) is 0. The Morgan fingerprint density at radius 1 is 1.04 bits per heavy atom. The molecular formula is C22H19NO4. The van der Waals surface area contributed by atoms with Crippen LogP contribution in [0.4, 0.5) is 0 Å². The topological polar surface area (TPSA) is 72.3 Å². The highest BCUT2D eigenvalue weighted by atomic mass is 16.5. The van der Waals surface area contributed by atoms with Gasteiger partial charge in [0.1, 0.15) is 16.9 Å². The normalized spacial score (nSPS) is 11.2. The Morgan fingerprint density at radius 2 is 1.78 bits per heavy atom. The molecule has 0 amide bonds. The zero-order chi connectivity index (χ0) is 19.1. The lowest BCUT2D eigenvalue weighted by atomic mass is 10.1. The van der Waals surface area contributed by atoms with Crippen molar-refractivity contribution in [2.45, 2.75) is 20.8 Å². The maximum atomic E-state index is 12.6. The van der Waals surface area contributed by atoms with Gasteiger partial charge in [0, 0.05) is 22.0 Å². The molecule has 0 aliphatic carbocycles. The lowest BCUT2D eigenvalue weighted by Crippen LogP contribution is -2.13. The first kappa shape index (κ1) is 17.1. The molecule has 4 aromatic rings. The molecule has 5 nitrogen and oxygen atoms in total. The van der Waals surface area contributed by atoms with Crippen LogP contribution in [0.5, 0.6) is 5.75 Å². The standard InChI is InChI=1S/C22H19NO4/c1-12-21(14(3)24)13(2)23-22(12)18(25)11-26-15-8-9-20-17(10-15)16-6-4-5-7-19(16)27-20/h4-10,23H,11H2,1-3H3. The van der Waals surface area contributed by atoms with Crippen LogP contribution in [0.2, 0.25) is 0 Å². The van der Waals surface area contributed by atoms with Crippen LogP contribution in [0.25, 0.3) is 21.9 Å². The number of furan rings is 1. The molecule has 0 spiro atoms. The molecule has 5 heteroatoms. The zero-order valence-corrected chi connectivity index (χ0v) is 15.4. The van der Waals surface area contributed by atoms with E-state index in [1.807, 2.05) is 36.4 Å². The number of rotatable bonds is 5. The molecule has 0 saturated carbocycles. The minimum atomic E-state index is -0.194. The van der Waals surface area contributed by atoms with Crippen LogP contribution in [-0.4, -0.2) is 23.2 Å². The van der Waals surface area contributed by atoms with E-state index >= 15 is 0 Å². The smallest absolute Gasteiger partial charge is 0.216 e. The summed E-state index contributed by atoms with van der Waals surface area (Å²) in [7, 11) is 0. The molecule has 0 unspecified atom stereocenters. The number of carbonyl (C=O) groups is 2. The van der Waals surface area contributed by atoms with E-state index in [0.717, 1.165) is 21.9 Å².